The largest absolute Gasteiger partial charge is 0.353 e. The summed E-state index contributed by atoms with van der Waals surface area (Å²) in [6.45, 7) is 0. The van der Waals surface area contributed by atoms with Crippen LogP contribution in [-0.2, 0) is 11.2 Å². The second kappa shape index (κ2) is 7.86. The number of carbonyl (C=O) groups is 1. The van der Waals surface area contributed by atoms with Crippen LogP contribution in [0, 0.1) is 0 Å². The van der Waals surface area contributed by atoms with Crippen LogP contribution >= 0.6 is 0 Å². The van der Waals surface area contributed by atoms with Crippen LogP contribution in [0.4, 0.5) is 0 Å². The lowest BCUT2D eigenvalue weighted by Crippen LogP contribution is -2.41. The Morgan fingerprint density at radius 2 is 1.96 bits per heavy atom. The van der Waals surface area contributed by atoms with Crippen molar-refractivity contribution in [2.45, 2.75) is 50.5 Å². The summed E-state index contributed by atoms with van der Waals surface area (Å²) in [4.78, 5) is 20.6. The lowest BCUT2D eigenvalue weighted by Gasteiger charge is -2.32. The number of nitrogens with one attached hydrogen (secondary N) is 1. The van der Waals surface area contributed by atoms with Crippen molar-refractivity contribution < 1.29 is 4.79 Å². The fraction of sp³-hybridized carbons (Fsp3) is 0.421. The third-order valence-electron chi connectivity index (χ3n) is 4.56. The van der Waals surface area contributed by atoms with Crippen molar-refractivity contribution >= 4 is 5.91 Å². The Morgan fingerprint density at radius 3 is 2.74 bits per heavy atom. The zero-order valence-electron chi connectivity index (χ0n) is 13.3. The molecular weight excluding hydrogens is 286 g/mol. The molecule has 120 valence electrons. The molecule has 1 aliphatic rings. The molecule has 1 fully saturated rings. The Morgan fingerprint density at radius 1 is 1.13 bits per heavy atom. The fourth-order valence-corrected chi connectivity index (χ4v) is 3.38. The van der Waals surface area contributed by atoms with Crippen LogP contribution in [0.15, 0.2) is 48.9 Å². The standard InChI is InChI=1S/C19H23N3O/c23-19(11-10-16-14-20-12-13-21-16)22-18-9-5-4-8-17(18)15-6-2-1-3-7-15/h1-3,6-7,12-14,17-18H,4-5,8-11H2,(H,22,23)/t17-,18+/m0/s1. The number of benzene rings is 1. The highest BCUT2D eigenvalue weighted by Crippen LogP contribution is 2.33. The Bertz CT molecular complexity index is 615. The first-order valence-electron chi connectivity index (χ1n) is 8.42. The molecule has 1 aromatic carbocycles. The zero-order valence-corrected chi connectivity index (χ0v) is 13.3. The van der Waals surface area contributed by atoms with Crippen molar-refractivity contribution in [3.8, 4) is 0 Å². The Balaban J connectivity index is 1.57. The minimum atomic E-state index is 0.114. The van der Waals surface area contributed by atoms with E-state index in [0.717, 1.165) is 18.5 Å². The summed E-state index contributed by atoms with van der Waals surface area (Å²) in [7, 11) is 0. The van der Waals surface area contributed by atoms with E-state index in [0.29, 0.717) is 18.8 Å². The first-order chi connectivity index (χ1) is 11.3. The summed E-state index contributed by atoms with van der Waals surface area (Å²) in [6, 6.07) is 10.8. The molecule has 4 heteroatoms. The summed E-state index contributed by atoms with van der Waals surface area (Å²) in [6.07, 6.45) is 10.8. The van der Waals surface area contributed by atoms with Gasteiger partial charge in [0.15, 0.2) is 0 Å². The van der Waals surface area contributed by atoms with Gasteiger partial charge in [0.25, 0.3) is 0 Å². The van der Waals surface area contributed by atoms with E-state index >= 15 is 0 Å². The van der Waals surface area contributed by atoms with Gasteiger partial charge in [0.2, 0.25) is 5.91 Å². The highest BCUT2D eigenvalue weighted by Gasteiger charge is 2.27. The Hall–Kier alpha value is -2.23. The van der Waals surface area contributed by atoms with Gasteiger partial charge in [-0.3, -0.25) is 14.8 Å². The number of aryl methyl sites for hydroxylation is 1. The average molecular weight is 309 g/mol. The van der Waals surface area contributed by atoms with Crippen molar-refractivity contribution in [3.63, 3.8) is 0 Å². The number of hydrogen-bond donors (Lipinski definition) is 1. The van der Waals surface area contributed by atoms with E-state index in [1.807, 2.05) is 6.07 Å². The molecule has 4 nitrogen and oxygen atoms in total. The van der Waals surface area contributed by atoms with Crippen molar-refractivity contribution in [1.29, 1.82) is 0 Å². The smallest absolute Gasteiger partial charge is 0.220 e. The summed E-state index contributed by atoms with van der Waals surface area (Å²) in [5.74, 6) is 0.550. The van der Waals surface area contributed by atoms with Gasteiger partial charge in [-0.2, -0.15) is 0 Å². The minimum Gasteiger partial charge on any atom is -0.353 e. The van der Waals surface area contributed by atoms with Gasteiger partial charge < -0.3 is 5.32 Å². The number of rotatable bonds is 5. The lowest BCUT2D eigenvalue weighted by atomic mass is 9.80. The fourth-order valence-electron chi connectivity index (χ4n) is 3.38. The van der Waals surface area contributed by atoms with E-state index in [9.17, 15) is 4.79 Å². The van der Waals surface area contributed by atoms with E-state index in [1.54, 1.807) is 18.6 Å². The van der Waals surface area contributed by atoms with Crippen molar-refractivity contribution in [1.82, 2.24) is 15.3 Å². The number of nitrogens with zero attached hydrogens (tertiary/aromatic N) is 2. The van der Waals surface area contributed by atoms with Gasteiger partial charge in [-0.15, -0.1) is 0 Å². The molecule has 0 unspecified atom stereocenters. The van der Waals surface area contributed by atoms with Crippen LogP contribution in [0.1, 0.15) is 49.3 Å². The topological polar surface area (TPSA) is 54.9 Å². The maximum Gasteiger partial charge on any atom is 0.220 e. The Labute approximate surface area is 137 Å². The zero-order chi connectivity index (χ0) is 15.9. The van der Waals surface area contributed by atoms with Crippen molar-refractivity contribution in [2.75, 3.05) is 0 Å². The first kappa shape index (κ1) is 15.7. The number of amides is 1. The second-order valence-corrected chi connectivity index (χ2v) is 6.17. The summed E-state index contributed by atoms with van der Waals surface area (Å²) in [5, 5.41) is 3.25. The van der Waals surface area contributed by atoms with E-state index in [4.69, 9.17) is 0 Å². The monoisotopic (exact) mass is 309 g/mol. The molecule has 1 N–H and O–H groups in total. The molecule has 2 aromatic rings. The van der Waals surface area contributed by atoms with E-state index < -0.39 is 0 Å². The molecule has 1 saturated carbocycles. The van der Waals surface area contributed by atoms with E-state index in [1.165, 1.54) is 18.4 Å². The third-order valence-corrected chi connectivity index (χ3v) is 4.56. The SMILES string of the molecule is O=C(CCc1cnccn1)N[C@@H]1CCCC[C@H]1c1ccccc1. The normalized spacial score (nSPS) is 20.9. The molecule has 1 aromatic heterocycles. The number of carbonyl (C=O) groups excluding carboxylic acids is 1. The molecule has 0 bridgehead atoms. The second-order valence-electron chi connectivity index (χ2n) is 6.17. The van der Waals surface area contributed by atoms with Gasteiger partial charge in [-0.25, -0.2) is 0 Å². The molecular formula is C19H23N3O. The first-order valence-corrected chi connectivity index (χ1v) is 8.42. The van der Waals surface area contributed by atoms with Crippen LogP contribution in [0.25, 0.3) is 0 Å². The highest BCUT2D eigenvalue weighted by atomic mass is 16.1. The van der Waals surface area contributed by atoms with E-state index in [-0.39, 0.29) is 11.9 Å². The predicted octanol–water partition coefficient (Wildman–Crippen LogP) is 3.25. The highest BCUT2D eigenvalue weighted by molar-refractivity contribution is 5.76. The molecule has 0 saturated heterocycles. The van der Waals surface area contributed by atoms with Crippen LogP contribution in [0.5, 0.6) is 0 Å². The molecule has 1 heterocycles. The predicted molar refractivity (Wildman–Crippen MR) is 89.9 cm³/mol. The van der Waals surface area contributed by atoms with Crippen molar-refractivity contribution in [2.24, 2.45) is 0 Å². The molecule has 0 spiro atoms. The molecule has 0 aliphatic heterocycles. The van der Waals surface area contributed by atoms with Gasteiger partial charge in [0.05, 0.1) is 5.69 Å². The van der Waals surface area contributed by atoms with Crippen LogP contribution in [0.2, 0.25) is 0 Å². The molecule has 0 radical (unpaired) electrons. The van der Waals surface area contributed by atoms with Crippen molar-refractivity contribution in [3.05, 3.63) is 60.2 Å². The lowest BCUT2D eigenvalue weighted by molar-refractivity contribution is -0.122. The number of hydrogen-bond acceptors (Lipinski definition) is 3. The quantitative estimate of drug-likeness (QED) is 0.922. The average Bonchev–Trinajstić information content (AvgIpc) is 2.62. The molecule has 2 atom stereocenters. The summed E-state index contributed by atoms with van der Waals surface area (Å²) >= 11 is 0. The van der Waals surface area contributed by atoms with Crippen LogP contribution in [0.3, 0.4) is 0 Å². The maximum absolute atomic E-state index is 12.3. The van der Waals surface area contributed by atoms with Gasteiger partial charge in [0, 0.05) is 37.0 Å². The third kappa shape index (κ3) is 4.38. The van der Waals surface area contributed by atoms with Crippen LogP contribution in [-0.4, -0.2) is 21.9 Å². The summed E-state index contributed by atoms with van der Waals surface area (Å²) < 4.78 is 0. The van der Waals surface area contributed by atoms with Gasteiger partial charge in [-0.05, 0) is 24.8 Å². The molecule has 1 aliphatic carbocycles. The van der Waals surface area contributed by atoms with Crippen LogP contribution < -0.4 is 5.32 Å². The number of aromatic nitrogens is 2. The maximum atomic E-state index is 12.3. The summed E-state index contributed by atoms with van der Waals surface area (Å²) in [5.41, 5.74) is 2.21. The molecule has 3 rings (SSSR count). The van der Waals surface area contributed by atoms with Gasteiger partial charge in [0.1, 0.15) is 0 Å². The Kier molecular flexibility index (Phi) is 5.35. The minimum absolute atomic E-state index is 0.114. The molecule has 23 heavy (non-hydrogen) atoms. The van der Waals surface area contributed by atoms with Gasteiger partial charge in [-0.1, -0.05) is 43.2 Å². The van der Waals surface area contributed by atoms with Gasteiger partial charge >= 0.3 is 0 Å². The molecule has 1 amide bonds. The van der Waals surface area contributed by atoms with E-state index in [2.05, 4.69) is 39.6 Å².